The number of hydrogen-bond acceptors (Lipinski definition) is 3. The first-order valence-corrected chi connectivity index (χ1v) is 9.39. The van der Waals surface area contributed by atoms with Gasteiger partial charge in [0.2, 0.25) is 0 Å². The molecule has 1 aliphatic rings. The van der Waals surface area contributed by atoms with Gasteiger partial charge in [0.15, 0.2) is 0 Å². The van der Waals surface area contributed by atoms with Crippen molar-refractivity contribution in [3.8, 4) is 17.2 Å². The lowest BCUT2D eigenvalue weighted by atomic mass is 9.96. The molecule has 136 valence electrons. The Kier molecular flexibility index (Phi) is 6.11. The summed E-state index contributed by atoms with van der Waals surface area (Å²) in [5, 5.41) is 0. The summed E-state index contributed by atoms with van der Waals surface area (Å²) in [7, 11) is 0. The average molecular weight is 349 g/mol. The highest BCUT2D eigenvalue weighted by atomic mass is 16.5. The van der Waals surface area contributed by atoms with E-state index >= 15 is 0 Å². The fourth-order valence-electron chi connectivity index (χ4n) is 2.73. The molecule has 3 heteroatoms. The Morgan fingerprint density at radius 3 is 2.54 bits per heavy atom. The van der Waals surface area contributed by atoms with Gasteiger partial charge in [-0.25, -0.2) is 0 Å². The molecule has 26 heavy (non-hydrogen) atoms. The Balaban J connectivity index is 1.67. The predicted molar refractivity (Wildman–Crippen MR) is 107 cm³/mol. The van der Waals surface area contributed by atoms with Gasteiger partial charge in [0, 0.05) is 12.3 Å². The highest BCUT2D eigenvalue weighted by Crippen LogP contribution is 2.31. The fraction of sp³-hybridized carbons (Fsp3) is 0.348. The van der Waals surface area contributed by atoms with E-state index in [4.69, 9.17) is 9.47 Å². The molecule has 0 spiro atoms. The Morgan fingerprint density at radius 2 is 1.88 bits per heavy atom. The number of ether oxygens (including phenoxy) is 2. The van der Waals surface area contributed by atoms with Crippen LogP contribution in [-0.2, 0) is 0 Å². The van der Waals surface area contributed by atoms with Crippen LogP contribution in [0.15, 0.2) is 66.3 Å². The first kappa shape index (κ1) is 18.2. The monoisotopic (exact) mass is 349 g/mol. The van der Waals surface area contributed by atoms with Gasteiger partial charge in [-0.2, -0.15) is 0 Å². The van der Waals surface area contributed by atoms with Gasteiger partial charge < -0.3 is 9.47 Å². The lowest BCUT2D eigenvalue weighted by Crippen LogP contribution is -2.11. The second kappa shape index (κ2) is 8.70. The maximum Gasteiger partial charge on any atom is 0.131 e. The molecule has 1 aliphatic carbocycles. The molecule has 0 N–H and O–H groups in total. The summed E-state index contributed by atoms with van der Waals surface area (Å²) in [5.41, 5.74) is 2.16. The Bertz CT molecular complexity index is 760. The third-order valence-corrected chi connectivity index (χ3v) is 4.68. The van der Waals surface area contributed by atoms with Crippen LogP contribution in [0.5, 0.6) is 17.2 Å². The second-order valence-corrected chi connectivity index (χ2v) is 6.86. The SMILES string of the molecule is C=C/N=C(/c1ccc(Oc2cccc(OCC3CC3)c2)cc1)C(C)CC. The molecule has 0 saturated heterocycles. The quantitative estimate of drug-likeness (QED) is 0.501. The van der Waals surface area contributed by atoms with E-state index < -0.39 is 0 Å². The van der Waals surface area contributed by atoms with Gasteiger partial charge in [-0.3, -0.25) is 4.99 Å². The van der Waals surface area contributed by atoms with Gasteiger partial charge in [-0.1, -0.05) is 26.5 Å². The molecule has 1 saturated carbocycles. The summed E-state index contributed by atoms with van der Waals surface area (Å²) in [5.74, 6) is 3.58. The van der Waals surface area contributed by atoms with Gasteiger partial charge in [0.05, 0.1) is 12.3 Å². The molecule has 0 heterocycles. The van der Waals surface area contributed by atoms with E-state index in [0.29, 0.717) is 5.92 Å². The van der Waals surface area contributed by atoms with Crippen LogP contribution in [0.3, 0.4) is 0 Å². The summed E-state index contributed by atoms with van der Waals surface area (Å²) in [6.07, 6.45) is 5.23. The molecule has 3 nitrogen and oxygen atoms in total. The van der Waals surface area contributed by atoms with E-state index in [2.05, 4.69) is 37.6 Å². The molecule has 0 aliphatic heterocycles. The van der Waals surface area contributed by atoms with Crippen molar-refractivity contribution in [1.82, 2.24) is 0 Å². The molecule has 3 rings (SSSR count). The second-order valence-electron chi connectivity index (χ2n) is 6.86. The summed E-state index contributed by atoms with van der Waals surface area (Å²) in [4.78, 5) is 4.45. The lowest BCUT2D eigenvalue weighted by molar-refractivity contribution is 0.298. The normalized spacial score (nSPS) is 15.4. The smallest absolute Gasteiger partial charge is 0.131 e. The van der Waals surface area contributed by atoms with Crippen molar-refractivity contribution in [1.29, 1.82) is 0 Å². The molecule has 0 aromatic heterocycles. The zero-order valence-corrected chi connectivity index (χ0v) is 15.7. The van der Waals surface area contributed by atoms with Gasteiger partial charge >= 0.3 is 0 Å². The fourth-order valence-corrected chi connectivity index (χ4v) is 2.73. The molecule has 1 unspecified atom stereocenters. The molecule has 0 amide bonds. The third-order valence-electron chi connectivity index (χ3n) is 4.68. The van der Waals surface area contributed by atoms with Crippen molar-refractivity contribution in [2.24, 2.45) is 16.8 Å². The zero-order valence-electron chi connectivity index (χ0n) is 15.7. The minimum atomic E-state index is 0.389. The largest absolute Gasteiger partial charge is 0.493 e. The van der Waals surface area contributed by atoms with Crippen molar-refractivity contribution in [2.75, 3.05) is 6.61 Å². The number of rotatable bonds is 9. The van der Waals surface area contributed by atoms with Crippen LogP contribution in [0, 0.1) is 11.8 Å². The van der Waals surface area contributed by atoms with Crippen molar-refractivity contribution >= 4 is 5.71 Å². The maximum atomic E-state index is 5.98. The summed E-state index contributed by atoms with van der Waals surface area (Å²) >= 11 is 0. The summed E-state index contributed by atoms with van der Waals surface area (Å²) < 4.78 is 11.8. The van der Waals surface area contributed by atoms with E-state index in [1.54, 1.807) is 6.20 Å². The van der Waals surface area contributed by atoms with Crippen LogP contribution in [0.4, 0.5) is 0 Å². The molecule has 0 bridgehead atoms. The van der Waals surface area contributed by atoms with Crippen LogP contribution in [0.2, 0.25) is 0 Å². The van der Waals surface area contributed by atoms with E-state index in [1.165, 1.54) is 12.8 Å². The van der Waals surface area contributed by atoms with E-state index in [9.17, 15) is 0 Å². The van der Waals surface area contributed by atoms with Crippen molar-refractivity contribution in [2.45, 2.75) is 33.1 Å². The maximum absolute atomic E-state index is 5.98. The molecular formula is C23H27NO2. The molecule has 2 aromatic carbocycles. The minimum Gasteiger partial charge on any atom is -0.493 e. The predicted octanol–water partition coefficient (Wildman–Crippen LogP) is 6.25. The Labute approximate surface area is 156 Å². The zero-order chi connectivity index (χ0) is 18.4. The minimum absolute atomic E-state index is 0.389. The van der Waals surface area contributed by atoms with Crippen LogP contribution < -0.4 is 9.47 Å². The lowest BCUT2D eigenvalue weighted by Gasteiger charge is -2.13. The number of nitrogens with zero attached hydrogens (tertiary/aromatic N) is 1. The van der Waals surface area contributed by atoms with Crippen molar-refractivity contribution < 1.29 is 9.47 Å². The highest BCUT2D eigenvalue weighted by molar-refractivity contribution is 6.02. The molecular weight excluding hydrogens is 322 g/mol. The van der Waals surface area contributed by atoms with Gasteiger partial charge in [-0.05, 0) is 73.1 Å². The van der Waals surface area contributed by atoms with E-state index in [1.807, 2.05) is 36.4 Å². The summed E-state index contributed by atoms with van der Waals surface area (Å²) in [6.45, 7) is 8.88. The van der Waals surface area contributed by atoms with Gasteiger partial charge in [-0.15, -0.1) is 0 Å². The number of hydrogen-bond donors (Lipinski definition) is 0. The summed E-state index contributed by atoms with van der Waals surface area (Å²) in [6, 6.07) is 15.9. The number of benzene rings is 2. The first-order valence-electron chi connectivity index (χ1n) is 9.39. The van der Waals surface area contributed by atoms with Gasteiger partial charge in [0.1, 0.15) is 17.2 Å². The van der Waals surface area contributed by atoms with Crippen LogP contribution in [0.25, 0.3) is 0 Å². The molecule has 0 radical (unpaired) electrons. The first-order chi connectivity index (χ1) is 12.7. The van der Waals surface area contributed by atoms with Gasteiger partial charge in [0.25, 0.3) is 0 Å². The van der Waals surface area contributed by atoms with Crippen molar-refractivity contribution in [3.63, 3.8) is 0 Å². The highest BCUT2D eigenvalue weighted by Gasteiger charge is 2.21. The van der Waals surface area contributed by atoms with E-state index in [-0.39, 0.29) is 0 Å². The van der Waals surface area contributed by atoms with Crippen LogP contribution in [-0.4, -0.2) is 12.3 Å². The van der Waals surface area contributed by atoms with E-state index in [0.717, 1.165) is 47.5 Å². The Morgan fingerprint density at radius 1 is 1.15 bits per heavy atom. The van der Waals surface area contributed by atoms with Crippen LogP contribution >= 0.6 is 0 Å². The topological polar surface area (TPSA) is 30.8 Å². The third kappa shape index (κ3) is 4.98. The van der Waals surface area contributed by atoms with Crippen LogP contribution in [0.1, 0.15) is 38.7 Å². The molecule has 1 atom stereocenters. The molecule has 2 aromatic rings. The molecule has 1 fully saturated rings. The van der Waals surface area contributed by atoms with Crippen molar-refractivity contribution in [3.05, 3.63) is 66.9 Å². The Hall–Kier alpha value is -2.55. The standard InChI is InChI=1S/C23H27NO2/c1-4-17(3)23(24-5-2)19-11-13-20(14-12-19)26-22-8-6-7-21(15-22)25-16-18-9-10-18/h5-8,11-15,17-18H,2,4,9-10,16H2,1,3H3/b24-23+. The average Bonchev–Trinajstić information content (AvgIpc) is 3.49. The number of aliphatic imine (C=N–C) groups is 1.